The van der Waals surface area contributed by atoms with Crippen molar-refractivity contribution in [1.29, 1.82) is 0 Å². The number of alkyl halides is 1. The van der Waals surface area contributed by atoms with Gasteiger partial charge in [-0.1, -0.05) is 0 Å². The first-order valence-corrected chi connectivity index (χ1v) is 15.5. The van der Waals surface area contributed by atoms with E-state index < -0.39 is 66.3 Å². The van der Waals surface area contributed by atoms with E-state index in [-0.39, 0.29) is 24.1 Å². The third-order valence-corrected chi connectivity index (χ3v) is 8.48. The molecule has 2 aromatic rings. The molecule has 45 heavy (non-hydrogen) atoms. The number of rotatable bonds is 7. The number of thiophene rings is 1. The molecule has 4 rings (SSSR count). The molecule has 2 aliphatic rings. The maximum absolute atomic E-state index is 13.3. The summed E-state index contributed by atoms with van der Waals surface area (Å²) in [4.78, 5) is 64.2. The van der Waals surface area contributed by atoms with E-state index in [9.17, 15) is 24.0 Å². The Kier molecular flexibility index (Phi) is 10.2. The molecule has 0 bridgehead atoms. The number of aryl methyl sites for hydroxylation is 1. The molecule has 1 amide bonds. The van der Waals surface area contributed by atoms with Crippen molar-refractivity contribution in [2.75, 3.05) is 24.4 Å². The number of carbonyl (C=O) groups excluding carboxylic acids is 5. The monoisotopic (exact) mass is 669 g/mol. The van der Waals surface area contributed by atoms with Crippen molar-refractivity contribution in [3.05, 3.63) is 22.6 Å². The predicted molar refractivity (Wildman–Crippen MR) is 162 cm³/mol. The fourth-order valence-electron chi connectivity index (χ4n) is 5.41. The van der Waals surface area contributed by atoms with Crippen molar-refractivity contribution >= 4 is 68.7 Å². The van der Waals surface area contributed by atoms with E-state index in [4.69, 9.17) is 44.8 Å². The van der Waals surface area contributed by atoms with Gasteiger partial charge < -0.3 is 33.2 Å². The quantitative estimate of drug-likeness (QED) is 0.234. The lowest BCUT2D eigenvalue weighted by Gasteiger charge is -2.43. The molecule has 1 aromatic carbocycles. The Labute approximate surface area is 268 Å². The lowest BCUT2D eigenvalue weighted by atomic mass is 9.96. The number of fused-ring (bicyclic) bond motifs is 3. The van der Waals surface area contributed by atoms with E-state index in [1.165, 1.54) is 16.2 Å². The van der Waals surface area contributed by atoms with Gasteiger partial charge in [-0.3, -0.25) is 19.3 Å². The van der Waals surface area contributed by atoms with Crippen LogP contribution in [0.4, 0.5) is 10.5 Å². The number of methoxy groups -OCH3 is 1. The predicted octanol–water partition coefficient (Wildman–Crippen LogP) is 4.36. The minimum absolute atomic E-state index is 0.208. The summed E-state index contributed by atoms with van der Waals surface area (Å²) in [6, 6.07) is 1.63. The number of hydrogen-bond donors (Lipinski definition) is 0. The molecule has 0 N–H and O–H groups in total. The number of ether oxygens (including phenoxy) is 7. The number of esters is 4. The van der Waals surface area contributed by atoms with Gasteiger partial charge in [0, 0.05) is 50.6 Å². The number of benzene rings is 1. The molecule has 15 heteroatoms. The summed E-state index contributed by atoms with van der Waals surface area (Å²) in [5, 5.41) is 2.73. The van der Waals surface area contributed by atoms with Crippen molar-refractivity contribution in [2.24, 2.45) is 0 Å². The van der Waals surface area contributed by atoms with Crippen LogP contribution in [0, 0.1) is 6.92 Å². The summed E-state index contributed by atoms with van der Waals surface area (Å²) in [7, 11) is 1.10. The summed E-state index contributed by atoms with van der Waals surface area (Å²) < 4.78 is 39.9. The summed E-state index contributed by atoms with van der Waals surface area (Å²) >= 11 is 7.75. The number of carbonyl (C=O) groups is 5. The summed E-state index contributed by atoms with van der Waals surface area (Å²) in [6.45, 7) is 10.8. The topological polar surface area (TPSA) is 153 Å². The molecule has 1 unspecified atom stereocenters. The van der Waals surface area contributed by atoms with Gasteiger partial charge in [-0.05, 0) is 44.2 Å². The van der Waals surface area contributed by atoms with Crippen LogP contribution in [0.25, 0.3) is 10.1 Å². The van der Waals surface area contributed by atoms with Crippen molar-refractivity contribution in [2.45, 2.75) is 90.7 Å². The van der Waals surface area contributed by atoms with E-state index in [1.54, 1.807) is 26.8 Å². The van der Waals surface area contributed by atoms with E-state index in [0.717, 1.165) is 44.4 Å². The van der Waals surface area contributed by atoms with E-state index >= 15 is 0 Å². The highest BCUT2D eigenvalue weighted by atomic mass is 35.5. The number of nitrogens with zero attached hydrogens (tertiary/aromatic N) is 1. The molecule has 0 spiro atoms. The van der Waals surface area contributed by atoms with Crippen molar-refractivity contribution in [3.63, 3.8) is 0 Å². The normalized spacial score (nSPS) is 24.4. The second-order valence-corrected chi connectivity index (χ2v) is 12.8. The first-order valence-electron chi connectivity index (χ1n) is 14.1. The maximum Gasteiger partial charge on any atom is 0.414 e. The van der Waals surface area contributed by atoms with Gasteiger partial charge in [0.15, 0.2) is 18.3 Å². The summed E-state index contributed by atoms with van der Waals surface area (Å²) in [5.74, 6) is -3.14. The number of hydrogen-bond acceptors (Lipinski definition) is 13. The van der Waals surface area contributed by atoms with Crippen LogP contribution in [-0.2, 0) is 47.6 Å². The minimum Gasteiger partial charge on any atom is -0.467 e. The Morgan fingerprint density at radius 1 is 1.00 bits per heavy atom. The van der Waals surface area contributed by atoms with Gasteiger partial charge in [0.2, 0.25) is 12.4 Å². The molecule has 3 heterocycles. The lowest BCUT2D eigenvalue weighted by Crippen LogP contribution is -2.64. The zero-order valence-corrected chi connectivity index (χ0v) is 27.7. The van der Waals surface area contributed by atoms with Crippen LogP contribution in [-0.4, -0.2) is 85.8 Å². The smallest absolute Gasteiger partial charge is 0.414 e. The van der Waals surface area contributed by atoms with Crippen LogP contribution in [0.5, 0.6) is 5.75 Å². The fourth-order valence-corrected chi connectivity index (χ4v) is 6.68. The first-order chi connectivity index (χ1) is 21.1. The molecular formula is C30H36ClNO12S. The molecule has 0 radical (unpaired) electrons. The van der Waals surface area contributed by atoms with Crippen LogP contribution in [0.15, 0.2) is 11.4 Å². The Balaban J connectivity index is 1.87. The first kappa shape index (κ1) is 34.3. The van der Waals surface area contributed by atoms with Crippen LogP contribution in [0.3, 0.4) is 0 Å². The highest BCUT2D eigenvalue weighted by Crippen LogP contribution is 2.49. The van der Waals surface area contributed by atoms with Crippen LogP contribution >= 0.6 is 22.9 Å². The molecule has 0 aliphatic carbocycles. The standard InChI is InChI=1S/C30H36ClNO12S/c1-13-12-45-26-19(9-18-21(20(13)26)17(10-31)11-32(18)29(37)44-30(5,6)7)42-28-25(41-16(4)35)23(40-15(3)34)22(39-14(2)33)24(43-28)27(36)38-8/h9,12,17,22-25,28H,10-11H2,1-8H3/t17?,22-,23-,24-,25+,28+/m0/s1. The summed E-state index contributed by atoms with van der Waals surface area (Å²) in [5.41, 5.74) is 1.48. The summed E-state index contributed by atoms with van der Waals surface area (Å²) in [6.07, 6.45) is -8.34. The van der Waals surface area contributed by atoms with Crippen LogP contribution in [0.1, 0.15) is 58.6 Å². The Hall–Kier alpha value is -3.62. The second kappa shape index (κ2) is 13.4. The molecule has 13 nitrogen and oxygen atoms in total. The largest absolute Gasteiger partial charge is 0.467 e. The number of halogens is 1. The van der Waals surface area contributed by atoms with Gasteiger partial charge in [0.25, 0.3) is 0 Å². The highest BCUT2D eigenvalue weighted by Gasteiger charge is 2.56. The molecule has 0 saturated carbocycles. The van der Waals surface area contributed by atoms with Crippen molar-refractivity contribution in [1.82, 2.24) is 0 Å². The molecule has 2 aliphatic heterocycles. The van der Waals surface area contributed by atoms with E-state index in [2.05, 4.69) is 0 Å². The molecular weight excluding hydrogens is 634 g/mol. The Bertz CT molecular complexity index is 1500. The molecule has 6 atom stereocenters. The van der Waals surface area contributed by atoms with Gasteiger partial charge in [0.05, 0.1) is 17.5 Å². The van der Waals surface area contributed by atoms with Gasteiger partial charge in [0.1, 0.15) is 11.4 Å². The number of anilines is 1. The maximum atomic E-state index is 13.3. The average molecular weight is 670 g/mol. The van der Waals surface area contributed by atoms with E-state index in [1.807, 2.05) is 12.3 Å². The highest BCUT2D eigenvalue weighted by molar-refractivity contribution is 7.17. The van der Waals surface area contributed by atoms with Gasteiger partial charge in [-0.15, -0.1) is 22.9 Å². The zero-order valence-electron chi connectivity index (χ0n) is 26.2. The Morgan fingerprint density at radius 2 is 1.60 bits per heavy atom. The second-order valence-electron chi connectivity index (χ2n) is 11.7. The van der Waals surface area contributed by atoms with Crippen molar-refractivity contribution < 1.29 is 57.1 Å². The SMILES string of the molecule is COC(=O)[C@H]1O[C@@H](Oc2cc3c(c4c(C)csc24)C(CCl)CN3C(=O)OC(C)(C)C)[C@H](OC(C)=O)[C@@H](OC(C)=O)[C@@H]1OC(C)=O. The van der Waals surface area contributed by atoms with Gasteiger partial charge >= 0.3 is 30.0 Å². The average Bonchev–Trinajstić information content (AvgIpc) is 3.50. The van der Waals surface area contributed by atoms with Gasteiger partial charge in [-0.25, -0.2) is 9.59 Å². The van der Waals surface area contributed by atoms with Gasteiger partial charge in [-0.2, -0.15) is 0 Å². The molecule has 1 aromatic heterocycles. The minimum atomic E-state index is -1.63. The van der Waals surface area contributed by atoms with E-state index in [0.29, 0.717) is 10.4 Å². The van der Waals surface area contributed by atoms with Crippen molar-refractivity contribution in [3.8, 4) is 5.75 Å². The molecule has 246 valence electrons. The lowest BCUT2D eigenvalue weighted by molar-refractivity contribution is -0.282. The molecule has 1 fully saturated rings. The fraction of sp³-hybridized carbons (Fsp3) is 0.567. The molecule has 1 saturated heterocycles. The number of amides is 1. The van der Waals surface area contributed by atoms with Crippen LogP contribution in [0.2, 0.25) is 0 Å². The third kappa shape index (κ3) is 7.28. The Morgan fingerprint density at radius 3 is 2.16 bits per heavy atom. The van der Waals surface area contributed by atoms with Crippen LogP contribution < -0.4 is 9.64 Å². The zero-order chi connectivity index (χ0) is 33.4. The third-order valence-electron chi connectivity index (χ3n) is 6.99.